The zero-order chi connectivity index (χ0) is 13.5. The molecule has 0 amide bonds. The molecule has 1 fully saturated rings. The van der Waals surface area contributed by atoms with E-state index in [4.69, 9.17) is 0 Å². The fourth-order valence-corrected chi connectivity index (χ4v) is 2.86. The standard InChI is InChI=1S/C16H26N2O/c1-2-10-18-11-8-15(9-12-18)17-16(13-19)14-6-4-3-5-7-14/h3-7,15-17,19H,2,8-13H2,1H3. The van der Waals surface area contributed by atoms with Crippen molar-refractivity contribution in [3.8, 4) is 0 Å². The van der Waals surface area contributed by atoms with Gasteiger partial charge in [-0.15, -0.1) is 0 Å². The molecule has 0 radical (unpaired) electrons. The molecule has 1 unspecified atom stereocenters. The van der Waals surface area contributed by atoms with E-state index in [0.717, 1.165) is 0 Å². The van der Waals surface area contributed by atoms with Gasteiger partial charge in [0.1, 0.15) is 0 Å². The molecule has 0 bridgehead atoms. The Morgan fingerprint density at radius 2 is 1.95 bits per heavy atom. The second kappa shape index (κ2) is 7.63. The minimum atomic E-state index is 0.0731. The van der Waals surface area contributed by atoms with Crippen molar-refractivity contribution in [2.45, 2.75) is 38.3 Å². The van der Waals surface area contributed by atoms with Gasteiger partial charge in [0.25, 0.3) is 0 Å². The summed E-state index contributed by atoms with van der Waals surface area (Å²) in [6, 6.07) is 10.9. The molecule has 19 heavy (non-hydrogen) atoms. The van der Waals surface area contributed by atoms with Crippen molar-refractivity contribution < 1.29 is 5.11 Å². The van der Waals surface area contributed by atoms with Crippen molar-refractivity contribution in [2.75, 3.05) is 26.2 Å². The minimum Gasteiger partial charge on any atom is -0.394 e. The summed E-state index contributed by atoms with van der Waals surface area (Å²) < 4.78 is 0. The molecule has 0 aromatic heterocycles. The number of likely N-dealkylation sites (tertiary alicyclic amines) is 1. The van der Waals surface area contributed by atoms with Crippen molar-refractivity contribution in [3.05, 3.63) is 35.9 Å². The molecule has 1 atom stereocenters. The minimum absolute atomic E-state index is 0.0731. The third-order valence-corrected chi connectivity index (χ3v) is 3.95. The number of hydrogen-bond donors (Lipinski definition) is 2. The predicted octanol–water partition coefficient (Wildman–Crippen LogP) is 2.18. The van der Waals surface area contributed by atoms with Crippen LogP contribution < -0.4 is 5.32 Å². The summed E-state index contributed by atoms with van der Waals surface area (Å²) in [6.07, 6.45) is 3.61. The summed E-state index contributed by atoms with van der Waals surface area (Å²) in [5.74, 6) is 0. The number of rotatable bonds is 6. The summed E-state index contributed by atoms with van der Waals surface area (Å²) in [7, 11) is 0. The maximum atomic E-state index is 9.57. The van der Waals surface area contributed by atoms with Gasteiger partial charge >= 0.3 is 0 Å². The topological polar surface area (TPSA) is 35.5 Å². The van der Waals surface area contributed by atoms with Gasteiger partial charge < -0.3 is 15.3 Å². The van der Waals surface area contributed by atoms with Crippen molar-refractivity contribution in [2.24, 2.45) is 0 Å². The maximum Gasteiger partial charge on any atom is 0.0626 e. The van der Waals surface area contributed by atoms with Crippen molar-refractivity contribution in [1.82, 2.24) is 10.2 Å². The van der Waals surface area contributed by atoms with Crippen LogP contribution >= 0.6 is 0 Å². The Morgan fingerprint density at radius 1 is 1.26 bits per heavy atom. The molecule has 1 aromatic rings. The van der Waals surface area contributed by atoms with E-state index < -0.39 is 0 Å². The van der Waals surface area contributed by atoms with Crippen LogP contribution in [0.4, 0.5) is 0 Å². The summed E-state index contributed by atoms with van der Waals surface area (Å²) in [4.78, 5) is 2.54. The van der Waals surface area contributed by atoms with Crippen LogP contribution in [-0.2, 0) is 0 Å². The summed E-state index contributed by atoms with van der Waals surface area (Å²) in [5.41, 5.74) is 1.18. The summed E-state index contributed by atoms with van der Waals surface area (Å²) in [5, 5.41) is 13.2. The van der Waals surface area contributed by atoms with Crippen LogP contribution in [0.1, 0.15) is 37.8 Å². The normalized spacial score (nSPS) is 19.5. The van der Waals surface area contributed by atoms with Gasteiger partial charge in [0.15, 0.2) is 0 Å². The van der Waals surface area contributed by atoms with Gasteiger partial charge in [-0.3, -0.25) is 0 Å². The lowest BCUT2D eigenvalue weighted by Gasteiger charge is -2.34. The molecule has 1 aliphatic heterocycles. The number of benzene rings is 1. The summed E-state index contributed by atoms with van der Waals surface area (Å²) in [6.45, 7) is 5.98. The highest BCUT2D eigenvalue weighted by atomic mass is 16.3. The fourth-order valence-electron chi connectivity index (χ4n) is 2.86. The second-order valence-corrected chi connectivity index (χ2v) is 5.43. The molecule has 1 saturated heterocycles. The monoisotopic (exact) mass is 262 g/mol. The number of piperidine rings is 1. The molecule has 1 aromatic carbocycles. The van der Waals surface area contributed by atoms with Crippen LogP contribution in [0, 0.1) is 0 Å². The van der Waals surface area contributed by atoms with Gasteiger partial charge in [0.05, 0.1) is 12.6 Å². The highest BCUT2D eigenvalue weighted by molar-refractivity contribution is 5.19. The van der Waals surface area contributed by atoms with Crippen LogP contribution in [0.15, 0.2) is 30.3 Å². The summed E-state index contributed by atoms with van der Waals surface area (Å²) >= 11 is 0. The highest BCUT2D eigenvalue weighted by Gasteiger charge is 2.21. The molecule has 0 spiro atoms. The lowest BCUT2D eigenvalue weighted by molar-refractivity contribution is 0.172. The Balaban J connectivity index is 1.84. The van der Waals surface area contributed by atoms with E-state index in [-0.39, 0.29) is 12.6 Å². The SMILES string of the molecule is CCCN1CCC(NC(CO)c2ccccc2)CC1. The third kappa shape index (κ3) is 4.30. The zero-order valence-electron chi connectivity index (χ0n) is 11.9. The molecule has 0 saturated carbocycles. The first-order chi connectivity index (χ1) is 9.33. The van der Waals surface area contributed by atoms with Gasteiger partial charge in [0, 0.05) is 6.04 Å². The van der Waals surface area contributed by atoms with Crippen molar-refractivity contribution in [1.29, 1.82) is 0 Å². The molecule has 0 aliphatic carbocycles. The average molecular weight is 262 g/mol. The Hall–Kier alpha value is -0.900. The van der Waals surface area contributed by atoms with E-state index >= 15 is 0 Å². The molecule has 106 valence electrons. The highest BCUT2D eigenvalue weighted by Crippen LogP contribution is 2.17. The third-order valence-electron chi connectivity index (χ3n) is 3.95. The number of hydrogen-bond acceptors (Lipinski definition) is 3. The Bertz CT molecular complexity index is 347. The van der Waals surface area contributed by atoms with Crippen LogP contribution in [0.5, 0.6) is 0 Å². The lowest BCUT2D eigenvalue weighted by Crippen LogP contribution is -2.44. The van der Waals surface area contributed by atoms with E-state index in [9.17, 15) is 5.11 Å². The van der Waals surface area contributed by atoms with Gasteiger partial charge in [-0.05, 0) is 44.5 Å². The number of aliphatic hydroxyl groups is 1. The fraction of sp³-hybridized carbons (Fsp3) is 0.625. The molecule has 2 N–H and O–H groups in total. The van der Waals surface area contributed by atoms with E-state index in [2.05, 4.69) is 29.3 Å². The van der Waals surface area contributed by atoms with Gasteiger partial charge in [-0.1, -0.05) is 37.3 Å². The van der Waals surface area contributed by atoms with Gasteiger partial charge in [-0.2, -0.15) is 0 Å². The Kier molecular flexibility index (Phi) is 5.83. The lowest BCUT2D eigenvalue weighted by atomic mass is 10.0. The van der Waals surface area contributed by atoms with Crippen LogP contribution in [0.3, 0.4) is 0 Å². The largest absolute Gasteiger partial charge is 0.394 e. The predicted molar refractivity (Wildman–Crippen MR) is 79.2 cm³/mol. The maximum absolute atomic E-state index is 9.57. The van der Waals surface area contributed by atoms with Crippen LogP contribution in [0.25, 0.3) is 0 Å². The van der Waals surface area contributed by atoms with E-state index in [1.165, 1.54) is 44.5 Å². The first-order valence-electron chi connectivity index (χ1n) is 7.47. The first-order valence-corrected chi connectivity index (χ1v) is 7.47. The quantitative estimate of drug-likeness (QED) is 0.825. The van der Waals surface area contributed by atoms with Crippen molar-refractivity contribution >= 4 is 0 Å². The van der Waals surface area contributed by atoms with E-state index in [1.807, 2.05) is 18.2 Å². The van der Waals surface area contributed by atoms with Crippen LogP contribution in [0.2, 0.25) is 0 Å². The molecular weight excluding hydrogens is 236 g/mol. The van der Waals surface area contributed by atoms with Crippen LogP contribution in [-0.4, -0.2) is 42.3 Å². The number of aliphatic hydroxyl groups excluding tert-OH is 1. The molecular formula is C16H26N2O. The second-order valence-electron chi connectivity index (χ2n) is 5.43. The molecule has 1 heterocycles. The zero-order valence-corrected chi connectivity index (χ0v) is 11.9. The van der Waals surface area contributed by atoms with Gasteiger partial charge in [-0.25, -0.2) is 0 Å². The number of nitrogens with zero attached hydrogens (tertiary/aromatic N) is 1. The molecule has 3 heteroatoms. The number of nitrogens with one attached hydrogen (secondary N) is 1. The average Bonchev–Trinajstić information content (AvgIpc) is 2.48. The molecule has 2 rings (SSSR count). The molecule has 1 aliphatic rings. The van der Waals surface area contributed by atoms with Gasteiger partial charge in [0.2, 0.25) is 0 Å². The smallest absolute Gasteiger partial charge is 0.0626 e. The van der Waals surface area contributed by atoms with E-state index in [0.29, 0.717) is 6.04 Å². The van der Waals surface area contributed by atoms with Crippen molar-refractivity contribution in [3.63, 3.8) is 0 Å². The Morgan fingerprint density at radius 3 is 2.53 bits per heavy atom. The molecule has 3 nitrogen and oxygen atoms in total. The van der Waals surface area contributed by atoms with E-state index in [1.54, 1.807) is 0 Å². The first kappa shape index (κ1) is 14.5. The Labute approximate surface area is 116 Å².